The molecule has 0 unspecified atom stereocenters. The number of amides is 1. The number of halogens is 1. The van der Waals surface area contributed by atoms with Crippen LogP contribution in [0.1, 0.15) is 21.5 Å². The molecule has 0 radical (unpaired) electrons. The Morgan fingerprint density at radius 1 is 1.09 bits per heavy atom. The molecule has 32 heavy (non-hydrogen) atoms. The minimum absolute atomic E-state index is 0.00318. The molecule has 0 spiro atoms. The van der Waals surface area contributed by atoms with Crippen LogP contribution in [-0.4, -0.2) is 29.1 Å². The molecule has 4 aromatic rings. The summed E-state index contributed by atoms with van der Waals surface area (Å²) in [7, 11) is 1.60. The fourth-order valence-electron chi connectivity index (χ4n) is 3.52. The van der Waals surface area contributed by atoms with Gasteiger partial charge in [0.15, 0.2) is 0 Å². The van der Waals surface area contributed by atoms with Crippen molar-refractivity contribution < 1.29 is 13.9 Å². The first-order valence-corrected chi connectivity index (χ1v) is 10.2. The van der Waals surface area contributed by atoms with Crippen molar-refractivity contribution in [3.8, 4) is 5.75 Å². The van der Waals surface area contributed by atoms with Crippen LogP contribution in [0, 0.1) is 5.82 Å². The normalized spacial score (nSPS) is 10.8. The molecule has 7 heteroatoms. The lowest BCUT2D eigenvalue weighted by Crippen LogP contribution is -2.34. The molecule has 0 fully saturated rings. The molecule has 6 nitrogen and oxygen atoms in total. The molecule has 0 aliphatic rings. The topological polar surface area (TPSA) is 73.2 Å². The number of ether oxygens (including phenoxy) is 1. The highest BCUT2D eigenvalue weighted by Gasteiger charge is 2.17. The molecule has 2 aromatic carbocycles. The van der Waals surface area contributed by atoms with E-state index in [1.165, 1.54) is 16.7 Å². The van der Waals surface area contributed by atoms with Gasteiger partial charge in [0.1, 0.15) is 22.8 Å². The van der Waals surface area contributed by atoms with E-state index in [1.54, 1.807) is 43.6 Å². The second-order valence-electron chi connectivity index (χ2n) is 7.31. The third-order valence-electron chi connectivity index (χ3n) is 5.24. The van der Waals surface area contributed by atoms with E-state index in [9.17, 15) is 14.0 Å². The summed E-state index contributed by atoms with van der Waals surface area (Å²) in [5.74, 6) is -0.132. The molecule has 0 saturated carbocycles. The van der Waals surface area contributed by atoms with Crippen molar-refractivity contribution in [2.45, 2.75) is 13.0 Å². The number of hydrogen-bond donors (Lipinski definition) is 1. The predicted molar refractivity (Wildman–Crippen MR) is 121 cm³/mol. The average molecular weight is 431 g/mol. The fourth-order valence-corrected chi connectivity index (χ4v) is 3.52. The zero-order valence-corrected chi connectivity index (χ0v) is 17.5. The number of fused-ring (bicyclic) bond motifs is 1. The number of benzene rings is 2. The van der Waals surface area contributed by atoms with Gasteiger partial charge in [0, 0.05) is 23.7 Å². The van der Waals surface area contributed by atoms with Gasteiger partial charge in [-0.05, 0) is 48.4 Å². The summed E-state index contributed by atoms with van der Waals surface area (Å²) in [6.45, 7) is 0.342. The SMILES string of the molecule is COc1ccc(CCNC(=O)c2cc3cccnc3n(Cc3ccccc3F)c2=O)cc1. The van der Waals surface area contributed by atoms with E-state index in [4.69, 9.17) is 4.74 Å². The standard InChI is InChI=1S/C25H22FN3O3/c1-32-20-10-8-17(9-11-20)12-14-28-24(30)21-15-18-6-4-13-27-23(18)29(25(21)31)16-19-5-2-3-7-22(19)26/h2-11,13,15H,12,14,16H2,1H3,(H,28,30). The number of pyridine rings is 2. The molecular weight excluding hydrogens is 409 g/mol. The summed E-state index contributed by atoms with van der Waals surface area (Å²) >= 11 is 0. The highest BCUT2D eigenvalue weighted by Crippen LogP contribution is 2.15. The van der Waals surface area contributed by atoms with Gasteiger partial charge in [0.05, 0.1) is 13.7 Å². The minimum atomic E-state index is -0.513. The maximum Gasteiger partial charge on any atom is 0.265 e. The van der Waals surface area contributed by atoms with E-state index in [-0.39, 0.29) is 12.1 Å². The Labute approximate surface area is 184 Å². The summed E-state index contributed by atoms with van der Waals surface area (Å²) < 4.78 is 20.7. The lowest BCUT2D eigenvalue weighted by molar-refractivity contribution is 0.0952. The first kappa shape index (κ1) is 21.2. The molecule has 0 aliphatic carbocycles. The van der Waals surface area contributed by atoms with Crippen LogP contribution in [0.15, 0.2) is 77.7 Å². The van der Waals surface area contributed by atoms with Crippen molar-refractivity contribution in [2.75, 3.05) is 13.7 Å². The summed E-state index contributed by atoms with van der Waals surface area (Å²) in [4.78, 5) is 30.3. The van der Waals surface area contributed by atoms with Gasteiger partial charge in [-0.1, -0.05) is 30.3 Å². The lowest BCUT2D eigenvalue weighted by Gasteiger charge is -2.13. The van der Waals surface area contributed by atoms with Crippen molar-refractivity contribution in [1.29, 1.82) is 0 Å². The maximum atomic E-state index is 14.2. The number of aromatic nitrogens is 2. The van der Waals surface area contributed by atoms with Crippen LogP contribution in [0.2, 0.25) is 0 Å². The van der Waals surface area contributed by atoms with Crippen molar-refractivity contribution in [3.05, 3.63) is 106 Å². The average Bonchev–Trinajstić information content (AvgIpc) is 2.82. The Morgan fingerprint density at radius 2 is 1.88 bits per heavy atom. The summed E-state index contributed by atoms with van der Waals surface area (Å²) in [6, 6.07) is 18.8. The molecule has 162 valence electrons. The van der Waals surface area contributed by atoms with Gasteiger partial charge >= 0.3 is 0 Å². The van der Waals surface area contributed by atoms with Crippen LogP contribution < -0.4 is 15.6 Å². The quantitative estimate of drug-likeness (QED) is 0.486. The maximum absolute atomic E-state index is 14.2. The van der Waals surface area contributed by atoms with Gasteiger partial charge in [-0.25, -0.2) is 9.37 Å². The van der Waals surface area contributed by atoms with E-state index in [1.807, 2.05) is 24.3 Å². The van der Waals surface area contributed by atoms with E-state index in [0.29, 0.717) is 29.6 Å². The van der Waals surface area contributed by atoms with Crippen molar-refractivity contribution >= 4 is 16.9 Å². The smallest absolute Gasteiger partial charge is 0.265 e. The van der Waals surface area contributed by atoms with Crippen LogP contribution in [0.5, 0.6) is 5.75 Å². The minimum Gasteiger partial charge on any atom is -0.497 e. The number of hydrogen-bond acceptors (Lipinski definition) is 4. The third-order valence-corrected chi connectivity index (χ3v) is 5.24. The highest BCUT2D eigenvalue weighted by molar-refractivity contribution is 5.96. The third kappa shape index (κ3) is 4.51. The molecule has 0 atom stereocenters. The van der Waals surface area contributed by atoms with E-state index < -0.39 is 17.3 Å². The van der Waals surface area contributed by atoms with Gasteiger partial charge in [0.25, 0.3) is 11.5 Å². The van der Waals surface area contributed by atoms with Crippen LogP contribution in [-0.2, 0) is 13.0 Å². The number of nitrogens with one attached hydrogen (secondary N) is 1. The van der Waals surface area contributed by atoms with Crippen molar-refractivity contribution in [1.82, 2.24) is 14.9 Å². The second-order valence-corrected chi connectivity index (χ2v) is 7.31. The van der Waals surface area contributed by atoms with Gasteiger partial charge < -0.3 is 10.1 Å². The zero-order chi connectivity index (χ0) is 22.5. The van der Waals surface area contributed by atoms with Crippen LogP contribution in [0.25, 0.3) is 11.0 Å². The molecule has 0 bridgehead atoms. The summed E-state index contributed by atoms with van der Waals surface area (Å²) in [5.41, 5.74) is 1.26. The monoisotopic (exact) mass is 431 g/mol. The number of carbonyl (C=O) groups excluding carboxylic acids is 1. The van der Waals surface area contributed by atoms with Gasteiger partial charge in [-0.2, -0.15) is 0 Å². The van der Waals surface area contributed by atoms with E-state index in [0.717, 1.165) is 11.3 Å². The first-order valence-electron chi connectivity index (χ1n) is 10.2. The Morgan fingerprint density at radius 3 is 2.62 bits per heavy atom. The van der Waals surface area contributed by atoms with Crippen LogP contribution in [0.3, 0.4) is 0 Å². The Bertz CT molecular complexity index is 1320. The van der Waals surface area contributed by atoms with Crippen LogP contribution in [0.4, 0.5) is 4.39 Å². The number of carbonyl (C=O) groups is 1. The summed E-state index contributed by atoms with van der Waals surface area (Å²) in [5, 5.41) is 3.43. The molecule has 4 rings (SSSR count). The molecule has 0 aliphatic heterocycles. The molecule has 0 saturated heterocycles. The Balaban J connectivity index is 1.59. The van der Waals surface area contributed by atoms with Gasteiger partial charge in [-0.3, -0.25) is 14.2 Å². The zero-order valence-electron chi connectivity index (χ0n) is 17.5. The summed E-state index contributed by atoms with van der Waals surface area (Å²) in [6.07, 6.45) is 2.17. The number of methoxy groups -OCH3 is 1. The molecule has 2 heterocycles. The Kier molecular flexibility index (Phi) is 6.26. The molecule has 1 amide bonds. The largest absolute Gasteiger partial charge is 0.497 e. The van der Waals surface area contributed by atoms with Crippen molar-refractivity contribution in [3.63, 3.8) is 0 Å². The highest BCUT2D eigenvalue weighted by atomic mass is 19.1. The van der Waals surface area contributed by atoms with Crippen molar-refractivity contribution in [2.24, 2.45) is 0 Å². The molecular formula is C25H22FN3O3. The second kappa shape index (κ2) is 9.43. The Hall–Kier alpha value is -4.00. The van der Waals surface area contributed by atoms with Crippen LogP contribution >= 0.6 is 0 Å². The first-order chi connectivity index (χ1) is 15.6. The van der Waals surface area contributed by atoms with Gasteiger partial charge in [0.2, 0.25) is 0 Å². The number of nitrogens with zero attached hydrogens (tertiary/aromatic N) is 2. The molecule has 1 N–H and O–H groups in total. The fraction of sp³-hybridized carbons (Fsp3) is 0.160. The predicted octanol–water partition coefficient (Wildman–Crippen LogP) is 3.57. The van der Waals surface area contributed by atoms with E-state index >= 15 is 0 Å². The lowest BCUT2D eigenvalue weighted by atomic mass is 10.1. The molecule has 2 aromatic heterocycles. The van der Waals surface area contributed by atoms with E-state index in [2.05, 4.69) is 10.3 Å². The number of rotatable bonds is 7. The van der Waals surface area contributed by atoms with Gasteiger partial charge in [-0.15, -0.1) is 0 Å².